The predicted molar refractivity (Wildman–Crippen MR) is 115 cm³/mol. The highest BCUT2D eigenvalue weighted by atomic mass is 127. The van der Waals surface area contributed by atoms with Crippen LogP contribution in [0.1, 0.15) is 43.5 Å². The maximum absolute atomic E-state index is 4.44. The van der Waals surface area contributed by atoms with Gasteiger partial charge in [0.25, 0.3) is 0 Å². The molecule has 0 amide bonds. The fourth-order valence-electron chi connectivity index (χ4n) is 2.92. The molecule has 138 valence electrons. The van der Waals surface area contributed by atoms with Gasteiger partial charge in [-0.15, -0.1) is 35.3 Å². The molecule has 0 saturated carbocycles. The molecule has 7 heteroatoms. The number of aryl methyl sites for hydroxylation is 1. The van der Waals surface area contributed by atoms with Gasteiger partial charge in [0.1, 0.15) is 5.01 Å². The van der Waals surface area contributed by atoms with Gasteiger partial charge in [0, 0.05) is 43.8 Å². The zero-order chi connectivity index (χ0) is 16.7. The summed E-state index contributed by atoms with van der Waals surface area (Å²) in [4.78, 5) is 12.7. The molecule has 2 heterocycles. The van der Waals surface area contributed by atoms with Crippen LogP contribution in [0.5, 0.6) is 0 Å². The van der Waals surface area contributed by atoms with Gasteiger partial charge in [0.05, 0.1) is 6.54 Å². The molecule has 2 N–H and O–H groups in total. The van der Waals surface area contributed by atoms with Crippen LogP contribution in [0, 0.1) is 5.92 Å². The van der Waals surface area contributed by atoms with E-state index in [0.717, 1.165) is 29.9 Å². The molecule has 1 aromatic heterocycles. The third kappa shape index (κ3) is 7.23. The molecule has 2 rings (SSSR count). The van der Waals surface area contributed by atoms with E-state index in [-0.39, 0.29) is 24.0 Å². The van der Waals surface area contributed by atoms with Gasteiger partial charge in [-0.1, -0.05) is 20.8 Å². The maximum atomic E-state index is 4.44. The van der Waals surface area contributed by atoms with Gasteiger partial charge in [-0.25, -0.2) is 4.98 Å². The van der Waals surface area contributed by atoms with E-state index in [0.29, 0.717) is 6.04 Å². The molecule has 1 aromatic rings. The van der Waals surface area contributed by atoms with Crippen molar-refractivity contribution in [1.82, 2.24) is 20.5 Å². The van der Waals surface area contributed by atoms with Crippen molar-refractivity contribution in [2.45, 2.75) is 52.6 Å². The normalized spacial score (nSPS) is 17.0. The Hall–Kier alpha value is -0.410. The van der Waals surface area contributed by atoms with E-state index in [1.54, 1.807) is 11.3 Å². The van der Waals surface area contributed by atoms with Crippen molar-refractivity contribution >= 4 is 41.3 Å². The molecule has 0 atom stereocenters. The Kier molecular flexibility index (Phi) is 10.1. The van der Waals surface area contributed by atoms with E-state index >= 15 is 0 Å². The molecule has 5 nitrogen and oxygen atoms in total. The molecule has 0 radical (unpaired) electrons. The van der Waals surface area contributed by atoms with Gasteiger partial charge in [0.15, 0.2) is 5.96 Å². The molecule has 1 aliphatic rings. The highest BCUT2D eigenvalue weighted by Gasteiger charge is 2.20. The van der Waals surface area contributed by atoms with Crippen LogP contribution >= 0.6 is 35.3 Å². The molecule has 0 spiro atoms. The molecule has 1 saturated heterocycles. The topological polar surface area (TPSA) is 52.6 Å². The molecule has 24 heavy (non-hydrogen) atoms. The van der Waals surface area contributed by atoms with E-state index < -0.39 is 0 Å². The number of likely N-dealkylation sites (tertiary alicyclic amines) is 1. The van der Waals surface area contributed by atoms with E-state index in [9.17, 15) is 0 Å². The lowest BCUT2D eigenvalue weighted by Gasteiger charge is -2.33. The number of piperidine rings is 1. The monoisotopic (exact) mass is 465 g/mol. The third-order valence-electron chi connectivity index (χ3n) is 4.13. The van der Waals surface area contributed by atoms with Crippen LogP contribution in [-0.2, 0) is 13.0 Å². The molecular weight excluding hydrogens is 433 g/mol. The number of rotatable bonds is 6. The number of hydrogen-bond acceptors (Lipinski definition) is 4. The quantitative estimate of drug-likeness (QED) is 0.385. The SMILES string of the molecule is CCc1cnc(CNC(=NC)NC2CCN(CC(C)C)CC2)s1.I. The number of aromatic nitrogens is 1. The lowest BCUT2D eigenvalue weighted by atomic mass is 10.0. The number of thiazole rings is 1. The molecule has 1 fully saturated rings. The summed E-state index contributed by atoms with van der Waals surface area (Å²) in [6.45, 7) is 11.1. The van der Waals surface area contributed by atoms with Gasteiger partial charge in [-0.3, -0.25) is 4.99 Å². The summed E-state index contributed by atoms with van der Waals surface area (Å²) in [5.74, 6) is 1.64. The Bertz CT molecular complexity index is 495. The third-order valence-corrected chi connectivity index (χ3v) is 5.27. The van der Waals surface area contributed by atoms with Crippen LogP contribution in [0.3, 0.4) is 0 Å². The molecule has 0 bridgehead atoms. The largest absolute Gasteiger partial charge is 0.354 e. The second-order valence-electron chi connectivity index (χ2n) is 6.61. The minimum atomic E-state index is 0. The van der Waals surface area contributed by atoms with Gasteiger partial charge in [-0.2, -0.15) is 0 Å². The lowest BCUT2D eigenvalue weighted by molar-refractivity contribution is 0.187. The lowest BCUT2D eigenvalue weighted by Crippen LogP contribution is -2.48. The van der Waals surface area contributed by atoms with Crippen molar-refractivity contribution in [3.05, 3.63) is 16.1 Å². The van der Waals surface area contributed by atoms with Gasteiger partial charge < -0.3 is 15.5 Å². The predicted octanol–water partition coefficient (Wildman–Crippen LogP) is 3.11. The van der Waals surface area contributed by atoms with Crippen LogP contribution in [0.2, 0.25) is 0 Å². The second kappa shape index (κ2) is 11.3. The highest BCUT2D eigenvalue weighted by molar-refractivity contribution is 14.0. The van der Waals surface area contributed by atoms with Gasteiger partial charge in [-0.05, 0) is 25.2 Å². The van der Waals surface area contributed by atoms with Gasteiger partial charge in [0.2, 0.25) is 0 Å². The fourth-order valence-corrected chi connectivity index (χ4v) is 3.72. The van der Waals surface area contributed by atoms with Crippen molar-refractivity contribution in [3.63, 3.8) is 0 Å². The Morgan fingerprint density at radius 2 is 2.12 bits per heavy atom. The number of nitrogens with zero attached hydrogens (tertiary/aromatic N) is 3. The van der Waals surface area contributed by atoms with Crippen LogP contribution < -0.4 is 10.6 Å². The van der Waals surface area contributed by atoms with Crippen molar-refractivity contribution < 1.29 is 0 Å². The maximum Gasteiger partial charge on any atom is 0.191 e. The number of hydrogen-bond donors (Lipinski definition) is 2. The van der Waals surface area contributed by atoms with Crippen molar-refractivity contribution in [2.75, 3.05) is 26.7 Å². The number of guanidine groups is 1. The number of aliphatic imine (C=N–C) groups is 1. The Morgan fingerprint density at radius 1 is 1.42 bits per heavy atom. The second-order valence-corrected chi connectivity index (χ2v) is 7.81. The molecule has 0 aliphatic carbocycles. The molecule has 0 unspecified atom stereocenters. The Morgan fingerprint density at radius 3 is 2.67 bits per heavy atom. The standard InChI is InChI=1S/C17H31N5S.HI/c1-5-15-10-19-16(23-15)11-20-17(18-4)21-14-6-8-22(9-7-14)12-13(2)3;/h10,13-14H,5-9,11-12H2,1-4H3,(H2,18,20,21);1H. The average molecular weight is 465 g/mol. The van der Waals surface area contributed by atoms with E-state index in [2.05, 4.69) is 46.3 Å². The zero-order valence-corrected chi connectivity index (χ0v) is 18.5. The van der Waals surface area contributed by atoms with E-state index in [1.807, 2.05) is 13.2 Å². The van der Waals surface area contributed by atoms with Crippen molar-refractivity contribution in [1.29, 1.82) is 0 Å². The van der Waals surface area contributed by atoms with Gasteiger partial charge >= 0.3 is 0 Å². The summed E-state index contributed by atoms with van der Waals surface area (Å²) >= 11 is 1.77. The molecule has 1 aliphatic heterocycles. The zero-order valence-electron chi connectivity index (χ0n) is 15.3. The van der Waals surface area contributed by atoms with Crippen LogP contribution in [-0.4, -0.2) is 48.6 Å². The highest BCUT2D eigenvalue weighted by Crippen LogP contribution is 2.14. The Labute approximate surface area is 167 Å². The first-order valence-electron chi connectivity index (χ1n) is 8.73. The first-order valence-corrected chi connectivity index (χ1v) is 9.55. The van der Waals surface area contributed by atoms with Crippen LogP contribution in [0.25, 0.3) is 0 Å². The number of nitrogens with one attached hydrogen (secondary N) is 2. The molecular formula is C17H32IN5S. The van der Waals surface area contributed by atoms with Crippen molar-refractivity contribution in [3.8, 4) is 0 Å². The Balaban J connectivity index is 0.00000288. The van der Waals surface area contributed by atoms with Crippen molar-refractivity contribution in [2.24, 2.45) is 10.9 Å². The minimum absolute atomic E-state index is 0. The van der Waals surface area contributed by atoms with Crippen LogP contribution in [0.15, 0.2) is 11.2 Å². The summed E-state index contributed by atoms with van der Waals surface area (Å²) < 4.78 is 0. The van der Waals surface area contributed by atoms with E-state index in [4.69, 9.17) is 0 Å². The smallest absolute Gasteiger partial charge is 0.191 e. The van der Waals surface area contributed by atoms with E-state index in [1.165, 1.54) is 37.4 Å². The summed E-state index contributed by atoms with van der Waals surface area (Å²) in [6, 6.07) is 0.520. The summed E-state index contributed by atoms with van der Waals surface area (Å²) in [7, 11) is 1.84. The molecule has 0 aromatic carbocycles. The first-order chi connectivity index (χ1) is 11.1. The minimum Gasteiger partial charge on any atom is -0.354 e. The average Bonchev–Trinajstić information content (AvgIpc) is 3.00. The summed E-state index contributed by atoms with van der Waals surface area (Å²) in [6.07, 6.45) is 5.40. The number of halogens is 1. The van der Waals surface area contributed by atoms with Crippen LogP contribution in [0.4, 0.5) is 0 Å². The summed E-state index contributed by atoms with van der Waals surface area (Å²) in [5, 5.41) is 8.07. The first kappa shape index (κ1) is 21.6. The fraction of sp³-hybridized carbons (Fsp3) is 0.765. The summed E-state index contributed by atoms with van der Waals surface area (Å²) in [5.41, 5.74) is 0.